The normalized spacial score (nSPS) is 22.8. The second-order valence-electron chi connectivity index (χ2n) is 8.10. The number of hydrogen-bond acceptors (Lipinski definition) is 3. The molecule has 2 fully saturated rings. The van der Waals surface area contributed by atoms with Crippen molar-refractivity contribution < 1.29 is 14.2 Å². The first kappa shape index (κ1) is 17.9. The Kier molecular flexibility index (Phi) is 4.20. The van der Waals surface area contributed by atoms with Crippen molar-refractivity contribution in [3.05, 3.63) is 23.5 Å². The molecular formula is C20H28N5O2+. The second-order valence-corrected chi connectivity index (χ2v) is 8.10. The number of imidazole rings is 1. The number of nitrogens with zero attached hydrogens (tertiary/aromatic N) is 5. The van der Waals surface area contributed by atoms with E-state index >= 15 is 0 Å². The fraction of sp³-hybridized carbons (Fsp3) is 0.600. The summed E-state index contributed by atoms with van der Waals surface area (Å²) in [6, 6.07) is -0.478. The lowest BCUT2D eigenvalue weighted by Gasteiger charge is -2.33. The molecule has 1 saturated carbocycles. The van der Waals surface area contributed by atoms with Gasteiger partial charge in [-0.2, -0.15) is 0 Å². The van der Waals surface area contributed by atoms with Crippen LogP contribution in [0.1, 0.15) is 62.5 Å². The molecular weight excluding hydrogens is 342 g/mol. The highest BCUT2D eigenvalue weighted by Crippen LogP contribution is 2.37. The molecule has 0 N–H and O–H groups in total. The molecule has 7 nitrogen and oxygen atoms in total. The molecule has 7 heteroatoms. The van der Waals surface area contributed by atoms with E-state index in [1.165, 1.54) is 34.8 Å². The minimum atomic E-state index is -0.564. The first-order valence-electron chi connectivity index (χ1n) is 9.78. The maximum Gasteiger partial charge on any atom is 0.402 e. The van der Waals surface area contributed by atoms with Gasteiger partial charge in [0.25, 0.3) is 5.91 Å². The summed E-state index contributed by atoms with van der Waals surface area (Å²) in [5, 5.41) is 0. The summed E-state index contributed by atoms with van der Waals surface area (Å²) in [6.45, 7) is 10.1. The zero-order chi connectivity index (χ0) is 19.5. The molecule has 144 valence electrons. The molecule has 27 heavy (non-hydrogen) atoms. The van der Waals surface area contributed by atoms with Crippen LogP contribution in [0, 0.1) is 13.8 Å². The number of rotatable bonds is 3. The molecule has 0 spiro atoms. The summed E-state index contributed by atoms with van der Waals surface area (Å²) < 4.78 is 4.32. The van der Waals surface area contributed by atoms with Crippen molar-refractivity contribution in [3.63, 3.8) is 0 Å². The van der Waals surface area contributed by atoms with E-state index in [2.05, 4.69) is 18.1 Å². The number of aromatic nitrogens is 2. The van der Waals surface area contributed by atoms with Gasteiger partial charge in [-0.25, -0.2) is 13.9 Å². The first-order chi connectivity index (χ1) is 12.8. The summed E-state index contributed by atoms with van der Waals surface area (Å²) in [5.41, 5.74) is 2.99. The van der Waals surface area contributed by atoms with Gasteiger partial charge in [-0.15, -0.1) is 0 Å². The van der Waals surface area contributed by atoms with Crippen molar-refractivity contribution in [2.45, 2.75) is 65.0 Å². The van der Waals surface area contributed by atoms with Crippen LogP contribution in [0.4, 0.5) is 10.7 Å². The average Bonchev–Trinajstić information content (AvgIpc) is 3.14. The number of carbonyl (C=O) groups is 2. The highest BCUT2D eigenvalue weighted by molar-refractivity contribution is 6.19. The standard InChI is InChI=1S/C20H28N5O2/c1-12(2)11-23-18(26)16-17(22(5)20(23)27)21-19-24(13(3)14(4)25(16)19)15-9-7-6-8-10-15/h15-16H,1,6-11H2,2-5H3/q+1. The van der Waals surface area contributed by atoms with Crippen LogP contribution >= 0.6 is 0 Å². The summed E-state index contributed by atoms with van der Waals surface area (Å²) >= 11 is 0. The number of carbonyl (C=O) groups excluding carboxylic acids is 2. The van der Waals surface area contributed by atoms with Crippen LogP contribution in [-0.4, -0.2) is 45.7 Å². The number of urea groups is 1. The Morgan fingerprint density at radius 3 is 2.52 bits per heavy atom. The van der Waals surface area contributed by atoms with Crippen molar-refractivity contribution in [1.29, 1.82) is 0 Å². The molecule has 3 heterocycles. The van der Waals surface area contributed by atoms with E-state index < -0.39 is 6.04 Å². The third-order valence-electron chi connectivity index (χ3n) is 6.12. The Morgan fingerprint density at radius 1 is 1.22 bits per heavy atom. The van der Waals surface area contributed by atoms with E-state index in [0.717, 1.165) is 30.1 Å². The Bertz CT molecular complexity index is 875. The largest absolute Gasteiger partial charge is 0.402 e. The number of imide groups is 1. The lowest BCUT2D eigenvalue weighted by molar-refractivity contribution is -0.683. The lowest BCUT2D eigenvalue weighted by Crippen LogP contribution is -2.63. The third kappa shape index (κ3) is 2.55. The summed E-state index contributed by atoms with van der Waals surface area (Å²) in [5.74, 6) is 1.13. The van der Waals surface area contributed by atoms with E-state index in [-0.39, 0.29) is 18.5 Å². The molecule has 3 amide bonds. The molecule has 0 aromatic carbocycles. The van der Waals surface area contributed by atoms with E-state index in [1.54, 1.807) is 7.05 Å². The monoisotopic (exact) mass is 370 g/mol. The minimum Gasteiger partial charge on any atom is -0.270 e. The molecule has 1 aromatic heterocycles. The molecule has 1 unspecified atom stereocenters. The van der Waals surface area contributed by atoms with E-state index in [1.807, 2.05) is 18.4 Å². The van der Waals surface area contributed by atoms with E-state index in [9.17, 15) is 9.59 Å². The van der Waals surface area contributed by atoms with Gasteiger partial charge >= 0.3 is 12.0 Å². The highest BCUT2D eigenvalue weighted by atomic mass is 16.2. The van der Waals surface area contributed by atoms with Crippen LogP contribution in [0.5, 0.6) is 0 Å². The van der Waals surface area contributed by atoms with Gasteiger partial charge in [-0.05, 0) is 46.5 Å². The van der Waals surface area contributed by atoms with E-state index in [0.29, 0.717) is 11.9 Å². The zero-order valence-electron chi connectivity index (χ0n) is 16.7. The van der Waals surface area contributed by atoms with Crippen LogP contribution < -0.4 is 4.57 Å². The summed E-state index contributed by atoms with van der Waals surface area (Å²) in [4.78, 5) is 33.6. The van der Waals surface area contributed by atoms with Crippen LogP contribution in [0.15, 0.2) is 17.1 Å². The van der Waals surface area contributed by atoms with Crippen LogP contribution in [-0.2, 0) is 4.79 Å². The maximum atomic E-state index is 13.2. The smallest absolute Gasteiger partial charge is 0.270 e. The summed E-state index contributed by atoms with van der Waals surface area (Å²) in [7, 11) is 1.70. The lowest BCUT2D eigenvalue weighted by atomic mass is 9.95. The predicted octanol–water partition coefficient (Wildman–Crippen LogP) is 2.95. The average molecular weight is 370 g/mol. The van der Waals surface area contributed by atoms with Crippen LogP contribution in [0.25, 0.3) is 0 Å². The number of amidine groups is 1. The molecule has 0 bridgehead atoms. The molecule has 0 radical (unpaired) electrons. The predicted molar refractivity (Wildman–Crippen MR) is 102 cm³/mol. The van der Waals surface area contributed by atoms with Crippen molar-refractivity contribution in [2.24, 2.45) is 4.99 Å². The Labute approximate surface area is 160 Å². The van der Waals surface area contributed by atoms with Crippen molar-refractivity contribution in [3.8, 4) is 0 Å². The zero-order valence-corrected chi connectivity index (χ0v) is 16.7. The van der Waals surface area contributed by atoms with Gasteiger partial charge in [0, 0.05) is 7.05 Å². The van der Waals surface area contributed by atoms with Gasteiger partial charge in [0.1, 0.15) is 11.4 Å². The molecule has 2 aliphatic heterocycles. The van der Waals surface area contributed by atoms with Crippen molar-refractivity contribution in [2.75, 3.05) is 13.6 Å². The molecule has 1 aliphatic carbocycles. The second kappa shape index (κ2) is 6.32. The number of amides is 3. The quantitative estimate of drug-likeness (QED) is 0.607. The van der Waals surface area contributed by atoms with Gasteiger partial charge in [0.15, 0.2) is 0 Å². The third-order valence-corrected chi connectivity index (χ3v) is 6.12. The number of hydrogen-bond donors (Lipinski definition) is 0. The van der Waals surface area contributed by atoms with Gasteiger partial charge < -0.3 is 0 Å². The Morgan fingerprint density at radius 2 is 1.89 bits per heavy atom. The minimum absolute atomic E-state index is 0.215. The molecule has 3 aliphatic rings. The molecule has 4 rings (SSSR count). The number of fused-ring (bicyclic) bond motifs is 3. The van der Waals surface area contributed by atoms with Crippen LogP contribution in [0.2, 0.25) is 0 Å². The van der Waals surface area contributed by atoms with E-state index in [4.69, 9.17) is 4.99 Å². The first-order valence-corrected chi connectivity index (χ1v) is 9.78. The number of likely N-dealkylation sites (N-methyl/N-ethyl adjacent to an activating group) is 1. The molecule has 1 saturated heterocycles. The fourth-order valence-corrected chi connectivity index (χ4v) is 4.65. The van der Waals surface area contributed by atoms with Crippen LogP contribution in [0.3, 0.4) is 0 Å². The molecule has 1 atom stereocenters. The van der Waals surface area contributed by atoms with Crippen molar-refractivity contribution >= 4 is 23.7 Å². The van der Waals surface area contributed by atoms with Gasteiger partial charge in [0.05, 0.1) is 12.6 Å². The molecule has 1 aromatic rings. The van der Waals surface area contributed by atoms with Crippen molar-refractivity contribution in [1.82, 2.24) is 14.4 Å². The Balaban J connectivity index is 1.82. The van der Waals surface area contributed by atoms with Gasteiger partial charge in [-0.3, -0.25) is 14.6 Å². The van der Waals surface area contributed by atoms with Gasteiger partial charge in [-0.1, -0.05) is 23.6 Å². The topological polar surface area (TPSA) is 61.8 Å². The Hall–Kier alpha value is -2.44. The number of aliphatic imine (C=N–C) groups is 1. The summed E-state index contributed by atoms with van der Waals surface area (Å²) in [6.07, 6.45) is 6.02. The maximum absolute atomic E-state index is 13.2. The fourth-order valence-electron chi connectivity index (χ4n) is 4.65. The van der Waals surface area contributed by atoms with Gasteiger partial charge in [0.2, 0.25) is 11.9 Å². The highest BCUT2D eigenvalue weighted by Gasteiger charge is 2.54. The SMILES string of the molecule is C=C(C)CN1C(=O)C2C(=Nc3n(C4CCCCC4)c(C)c(C)[n+]32)N(C)C1=O.